The molecule has 1 saturated carbocycles. The van der Waals surface area contributed by atoms with E-state index in [0.29, 0.717) is 11.8 Å². The number of ether oxygens (including phenoxy) is 1. The van der Waals surface area contributed by atoms with Gasteiger partial charge in [-0.05, 0) is 32.2 Å². The molecule has 1 saturated heterocycles. The highest BCUT2D eigenvalue weighted by Crippen LogP contribution is 2.35. The molecule has 0 unspecified atom stereocenters. The summed E-state index contributed by atoms with van der Waals surface area (Å²) in [6.45, 7) is 5.13. The van der Waals surface area contributed by atoms with Crippen molar-refractivity contribution >= 4 is 5.82 Å². The van der Waals surface area contributed by atoms with Crippen LogP contribution in [0.2, 0.25) is 0 Å². The molecular formula is C19H30N4O. The van der Waals surface area contributed by atoms with E-state index in [1.807, 2.05) is 7.11 Å². The van der Waals surface area contributed by atoms with Crippen LogP contribution >= 0.6 is 0 Å². The lowest BCUT2D eigenvalue weighted by Crippen LogP contribution is -2.25. The van der Waals surface area contributed by atoms with Gasteiger partial charge < -0.3 is 15.0 Å². The monoisotopic (exact) mass is 330 g/mol. The van der Waals surface area contributed by atoms with Crippen LogP contribution < -0.4 is 10.2 Å². The summed E-state index contributed by atoms with van der Waals surface area (Å²) in [6.07, 6.45) is 8.51. The number of anilines is 1. The molecule has 3 aliphatic rings. The summed E-state index contributed by atoms with van der Waals surface area (Å²) in [6, 6.07) is 0. The second kappa shape index (κ2) is 7.36. The highest BCUT2D eigenvalue weighted by Gasteiger charge is 2.29. The Kier molecular flexibility index (Phi) is 4.99. The number of methoxy groups -OCH3 is 1. The maximum Gasteiger partial charge on any atom is 0.135 e. The molecule has 0 spiro atoms. The Morgan fingerprint density at radius 2 is 1.96 bits per heavy atom. The zero-order valence-electron chi connectivity index (χ0n) is 14.9. The van der Waals surface area contributed by atoms with Crippen molar-refractivity contribution in [1.82, 2.24) is 15.3 Å². The molecule has 132 valence electrons. The Morgan fingerprint density at radius 3 is 2.79 bits per heavy atom. The average Bonchev–Trinajstić information content (AvgIpc) is 3.22. The minimum absolute atomic E-state index is 0.586. The molecule has 0 aromatic carbocycles. The molecule has 0 amide bonds. The summed E-state index contributed by atoms with van der Waals surface area (Å²) in [5.74, 6) is 3.59. The summed E-state index contributed by atoms with van der Waals surface area (Å²) in [5, 5.41) is 3.52. The van der Waals surface area contributed by atoms with Gasteiger partial charge in [0.2, 0.25) is 0 Å². The average molecular weight is 330 g/mol. The van der Waals surface area contributed by atoms with E-state index in [4.69, 9.17) is 14.7 Å². The number of hydrogen-bond donors (Lipinski definition) is 1. The van der Waals surface area contributed by atoms with E-state index in [1.54, 1.807) is 0 Å². The Labute approximate surface area is 145 Å². The van der Waals surface area contributed by atoms with Crippen molar-refractivity contribution in [2.75, 3.05) is 44.8 Å². The predicted molar refractivity (Wildman–Crippen MR) is 95.7 cm³/mol. The van der Waals surface area contributed by atoms with Crippen LogP contribution in [0.15, 0.2) is 0 Å². The molecule has 1 aliphatic carbocycles. The summed E-state index contributed by atoms with van der Waals surface area (Å²) in [7, 11) is 1.81. The number of nitrogens with one attached hydrogen (secondary N) is 1. The molecule has 0 bridgehead atoms. The van der Waals surface area contributed by atoms with Gasteiger partial charge in [0.05, 0.1) is 12.3 Å². The fourth-order valence-electron chi connectivity index (χ4n) is 4.57. The van der Waals surface area contributed by atoms with Gasteiger partial charge in [-0.15, -0.1) is 0 Å². The molecule has 1 N–H and O–H groups in total. The van der Waals surface area contributed by atoms with Crippen molar-refractivity contribution in [3.05, 3.63) is 17.1 Å². The number of aromatic nitrogens is 2. The predicted octanol–water partition coefficient (Wildman–Crippen LogP) is 2.30. The molecule has 1 aromatic heterocycles. The van der Waals surface area contributed by atoms with Gasteiger partial charge in [0, 0.05) is 50.6 Å². The van der Waals surface area contributed by atoms with E-state index < -0.39 is 0 Å². The maximum atomic E-state index is 5.38. The minimum Gasteiger partial charge on any atom is -0.384 e. The van der Waals surface area contributed by atoms with E-state index in [2.05, 4.69) is 10.2 Å². The Hall–Kier alpha value is -1.20. The molecule has 5 nitrogen and oxygen atoms in total. The second-order valence-electron chi connectivity index (χ2n) is 7.62. The Morgan fingerprint density at radius 1 is 1.12 bits per heavy atom. The van der Waals surface area contributed by atoms with Gasteiger partial charge in [0.25, 0.3) is 0 Å². The van der Waals surface area contributed by atoms with E-state index >= 15 is 0 Å². The molecule has 24 heavy (non-hydrogen) atoms. The van der Waals surface area contributed by atoms with E-state index in [1.165, 1.54) is 49.2 Å². The molecule has 3 heterocycles. The molecule has 4 rings (SSSR count). The maximum absolute atomic E-state index is 5.38. The van der Waals surface area contributed by atoms with Crippen LogP contribution in [0.1, 0.15) is 55.1 Å². The summed E-state index contributed by atoms with van der Waals surface area (Å²) in [5.41, 5.74) is 2.71. The van der Waals surface area contributed by atoms with Gasteiger partial charge in [0.15, 0.2) is 0 Å². The molecule has 0 radical (unpaired) electrons. The molecule has 2 fully saturated rings. The second-order valence-corrected chi connectivity index (χ2v) is 7.62. The van der Waals surface area contributed by atoms with Crippen LogP contribution in [0.4, 0.5) is 5.82 Å². The van der Waals surface area contributed by atoms with Gasteiger partial charge in [-0.1, -0.05) is 12.8 Å². The first-order chi connectivity index (χ1) is 11.8. The van der Waals surface area contributed by atoms with E-state index in [0.717, 1.165) is 51.5 Å². The van der Waals surface area contributed by atoms with Crippen LogP contribution in [0, 0.1) is 5.92 Å². The summed E-state index contributed by atoms with van der Waals surface area (Å²) < 4.78 is 5.38. The van der Waals surface area contributed by atoms with Crippen molar-refractivity contribution in [3.8, 4) is 0 Å². The highest BCUT2D eigenvalue weighted by molar-refractivity contribution is 5.51. The third kappa shape index (κ3) is 3.29. The standard InChI is InChI=1S/C19H30N4O/c1-24-13-14-8-11-23(12-14)19-16-6-9-20-10-7-17(16)21-18(22-19)15-4-2-3-5-15/h14-15,20H,2-13H2,1H3/t14-/m1/s1. The number of fused-ring (bicyclic) bond motifs is 1. The number of hydrogen-bond acceptors (Lipinski definition) is 5. The fourth-order valence-corrected chi connectivity index (χ4v) is 4.57. The number of nitrogens with zero attached hydrogens (tertiary/aromatic N) is 3. The molecule has 1 aromatic rings. The normalized spacial score (nSPS) is 25.0. The first-order valence-corrected chi connectivity index (χ1v) is 9.69. The molecule has 1 atom stereocenters. The third-order valence-electron chi connectivity index (χ3n) is 5.89. The Balaban J connectivity index is 1.66. The van der Waals surface area contributed by atoms with Crippen molar-refractivity contribution < 1.29 is 4.74 Å². The van der Waals surface area contributed by atoms with Gasteiger partial charge in [0.1, 0.15) is 11.6 Å². The lowest BCUT2D eigenvalue weighted by atomic mass is 10.0. The van der Waals surface area contributed by atoms with Crippen LogP contribution in [0.5, 0.6) is 0 Å². The van der Waals surface area contributed by atoms with E-state index in [9.17, 15) is 0 Å². The van der Waals surface area contributed by atoms with Crippen LogP contribution in [0.25, 0.3) is 0 Å². The zero-order chi connectivity index (χ0) is 16.4. The van der Waals surface area contributed by atoms with Crippen molar-refractivity contribution in [1.29, 1.82) is 0 Å². The summed E-state index contributed by atoms with van der Waals surface area (Å²) >= 11 is 0. The molecule has 2 aliphatic heterocycles. The molecular weight excluding hydrogens is 300 g/mol. The third-order valence-corrected chi connectivity index (χ3v) is 5.89. The van der Waals surface area contributed by atoms with Gasteiger partial charge in [-0.2, -0.15) is 0 Å². The number of rotatable bonds is 4. The molecule has 5 heteroatoms. The van der Waals surface area contributed by atoms with E-state index in [-0.39, 0.29) is 0 Å². The lowest BCUT2D eigenvalue weighted by molar-refractivity contribution is 0.161. The fraction of sp³-hybridized carbons (Fsp3) is 0.789. The smallest absolute Gasteiger partial charge is 0.135 e. The first-order valence-electron chi connectivity index (χ1n) is 9.69. The summed E-state index contributed by atoms with van der Waals surface area (Å²) in [4.78, 5) is 12.7. The topological polar surface area (TPSA) is 50.3 Å². The lowest BCUT2D eigenvalue weighted by Gasteiger charge is -2.24. The minimum atomic E-state index is 0.586. The quantitative estimate of drug-likeness (QED) is 0.918. The van der Waals surface area contributed by atoms with Crippen molar-refractivity contribution in [2.24, 2.45) is 5.92 Å². The first kappa shape index (κ1) is 16.3. The van der Waals surface area contributed by atoms with Gasteiger partial charge >= 0.3 is 0 Å². The zero-order valence-corrected chi connectivity index (χ0v) is 14.9. The van der Waals surface area contributed by atoms with Crippen LogP contribution in [0.3, 0.4) is 0 Å². The highest BCUT2D eigenvalue weighted by atomic mass is 16.5. The van der Waals surface area contributed by atoms with Crippen molar-refractivity contribution in [2.45, 2.75) is 50.9 Å². The van der Waals surface area contributed by atoms with Gasteiger partial charge in [-0.25, -0.2) is 9.97 Å². The van der Waals surface area contributed by atoms with Gasteiger partial charge in [-0.3, -0.25) is 0 Å². The largest absolute Gasteiger partial charge is 0.384 e. The van der Waals surface area contributed by atoms with Crippen molar-refractivity contribution in [3.63, 3.8) is 0 Å². The SMILES string of the molecule is COC[C@@H]1CCN(c2nc(C3CCCC3)nc3c2CCNCC3)C1. The van der Waals surface area contributed by atoms with Crippen LogP contribution in [-0.2, 0) is 17.6 Å². The Bertz CT molecular complexity index is 571. The van der Waals surface area contributed by atoms with Crippen LogP contribution in [-0.4, -0.2) is 49.9 Å².